The van der Waals surface area contributed by atoms with E-state index in [4.69, 9.17) is 9.72 Å². The first-order valence-corrected chi connectivity index (χ1v) is 6.98. The SMILES string of the molecule is CCNCc1c(C)cc(C)nc1N(C)CCCOC. The topological polar surface area (TPSA) is 37.4 Å². The number of methoxy groups -OCH3 is 1. The number of nitrogens with zero attached hydrogens (tertiary/aromatic N) is 2. The van der Waals surface area contributed by atoms with E-state index in [2.05, 4.69) is 44.1 Å². The van der Waals surface area contributed by atoms with Crippen molar-refractivity contribution in [3.63, 3.8) is 0 Å². The Kier molecular flexibility index (Phi) is 6.81. The summed E-state index contributed by atoms with van der Waals surface area (Å²) in [5, 5.41) is 3.40. The van der Waals surface area contributed by atoms with Crippen LogP contribution in [-0.4, -0.2) is 38.8 Å². The zero-order valence-corrected chi connectivity index (χ0v) is 12.9. The van der Waals surface area contributed by atoms with Crippen molar-refractivity contribution in [3.8, 4) is 0 Å². The van der Waals surface area contributed by atoms with Crippen LogP contribution in [-0.2, 0) is 11.3 Å². The molecule has 19 heavy (non-hydrogen) atoms. The second kappa shape index (κ2) is 8.12. The van der Waals surface area contributed by atoms with Crippen LogP contribution in [0.5, 0.6) is 0 Å². The fourth-order valence-corrected chi connectivity index (χ4v) is 2.18. The number of ether oxygens (including phenoxy) is 1. The van der Waals surface area contributed by atoms with Gasteiger partial charge in [-0.1, -0.05) is 6.92 Å². The number of aromatic nitrogens is 1. The van der Waals surface area contributed by atoms with Gasteiger partial charge in [0.25, 0.3) is 0 Å². The molecule has 1 heterocycles. The van der Waals surface area contributed by atoms with E-state index in [0.717, 1.165) is 44.2 Å². The molecule has 1 N–H and O–H groups in total. The number of aryl methyl sites for hydroxylation is 2. The third-order valence-electron chi connectivity index (χ3n) is 3.21. The maximum atomic E-state index is 5.11. The Morgan fingerprint density at radius 3 is 2.74 bits per heavy atom. The number of anilines is 1. The summed E-state index contributed by atoms with van der Waals surface area (Å²) in [5.74, 6) is 1.09. The van der Waals surface area contributed by atoms with Gasteiger partial charge in [-0.05, 0) is 38.4 Å². The average Bonchev–Trinajstić information content (AvgIpc) is 2.37. The van der Waals surface area contributed by atoms with Gasteiger partial charge in [0, 0.05) is 45.1 Å². The van der Waals surface area contributed by atoms with E-state index in [1.165, 1.54) is 11.1 Å². The van der Waals surface area contributed by atoms with Gasteiger partial charge < -0.3 is 15.0 Å². The molecule has 0 spiro atoms. The maximum Gasteiger partial charge on any atom is 0.133 e. The lowest BCUT2D eigenvalue weighted by atomic mass is 10.1. The summed E-state index contributed by atoms with van der Waals surface area (Å²) < 4.78 is 5.11. The molecule has 0 aliphatic heterocycles. The third-order valence-corrected chi connectivity index (χ3v) is 3.21. The van der Waals surface area contributed by atoms with Crippen molar-refractivity contribution in [1.82, 2.24) is 10.3 Å². The number of hydrogen-bond donors (Lipinski definition) is 1. The first-order valence-electron chi connectivity index (χ1n) is 6.98. The van der Waals surface area contributed by atoms with Crippen LogP contribution in [0.4, 0.5) is 5.82 Å². The molecule has 108 valence electrons. The minimum absolute atomic E-state index is 0.789. The van der Waals surface area contributed by atoms with Crippen LogP contribution in [0.3, 0.4) is 0 Å². The highest BCUT2D eigenvalue weighted by Crippen LogP contribution is 2.21. The second-order valence-electron chi connectivity index (χ2n) is 4.93. The van der Waals surface area contributed by atoms with E-state index < -0.39 is 0 Å². The van der Waals surface area contributed by atoms with Crippen LogP contribution in [0.1, 0.15) is 30.2 Å². The van der Waals surface area contributed by atoms with Gasteiger partial charge in [0.05, 0.1) is 0 Å². The number of rotatable bonds is 8. The van der Waals surface area contributed by atoms with Crippen molar-refractivity contribution in [2.45, 2.75) is 33.7 Å². The molecule has 0 unspecified atom stereocenters. The zero-order valence-electron chi connectivity index (χ0n) is 12.9. The summed E-state index contributed by atoms with van der Waals surface area (Å²) in [6, 6.07) is 2.15. The summed E-state index contributed by atoms with van der Waals surface area (Å²) in [7, 11) is 3.85. The molecule has 0 saturated carbocycles. The molecule has 4 heteroatoms. The largest absolute Gasteiger partial charge is 0.385 e. The molecule has 0 saturated heterocycles. The van der Waals surface area contributed by atoms with Crippen LogP contribution in [0.2, 0.25) is 0 Å². The molecule has 0 aromatic carbocycles. The van der Waals surface area contributed by atoms with Gasteiger partial charge in [0.15, 0.2) is 0 Å². The van der Waals surface area contributed by atoms with Crippen molar-refractivity contribution < 1.29 is 4.74 Å². The Morgan fingerprint density at radius 1 is 1.37 bits per heavy atom. The van der Waals surface area contributed by atoms with Crippen molar-refractivity contribution in [1.29, 1.82) is 0 Å². The lowest BCUT2D eigenvalue weighted by Gasteiger charge is -2.23. The molecule has 0 fully saturated rings. The Balaban J connectivity index is 2.89. The first-order chi connectivity index (χ1) is 9.10. The summed E-state index contributed by atoms with van der Waals surface area (Å²) in [6.07, 6.45) is 1.02. The molecule has 1 aromatic heterocycles. The van der Waals surface area contributed by atoms with Gasteiger partial charge in [0.1, 0.15) is 5.82 Å². The normalized spacial score (nSPS) is 10.8. The number of pyridine rings is 1. The summed E-state index contributed by atoms with van der Waals surface area (Å²) in [5.41, 5.74) is 3.68. The fourth-order valence-electron chi connectivity index (χ4n) is 2.18. The molecule has 1 rings (SSSR count). The van der Waals surface area contributed by atoms with Crippen molar-refractivity contribution >= 4 is 5.82 Å². The van der Waals surface area contributed by atoms with E-state index in [-0.39, 0.29) is 0 Å². The minimum atomic E-state index is 0.789. The van der Waals surface area contributed by atoms with E-state index >= 15 is 0 Å². The Labute approximate surface area is 117 Å². The van der Waals surface area contributed by atoms with Crippen LogP contribution in [0.25, 0.3) is 0 Å². The van der Waals surface area contributed by atoms with Gasteiger partial charge in [-0.15, -0.1) is 0 Å². The smallest absolute Gasteiger partial charge is 0.133 e. The van der Waals surface area contributed by atoms with Crippen LogP contribution < -0.4 is 10.2 Å². The van der Waals surface area contributed by atoms with Gasteiger partial charge in [-0.25, -0.2) is 4.98 Å². The van der Waals surface area contributed by atoms with E-state index in [0.29, 0.717) is 0 Å². The Morgan fingerprint density at radius 2 is 2.11 bits per heavy atom. The lowest BCUT2D eigenvalue weighted by molar-refractivity contribution is 0.196. The third kappa shape index (κ3) is 4.80. The van der Waals surface area contributed by atoms with E-state index in [1.807, 2.05) is 0 Å². The molecule has 0 atom stereocenters. The van der Waals surface area contributed by atoms with Gasteiger partial charge in [-0.3, -0.25) is 0 Å². The van der Waals surface area contributed by atoms with Crippen molar-refractivity contribution in [2.24, 2.45) is 0 Å². The summed E-state index contributed by atoms with van der Waals surface area (Å²) in [6.45, 7) is 9.93. The van der Waals surface area contributed by atoms with E-state index in [9.17, 15) is 0 Å². The maximum absolute atomic E-state index is 5.11. The van der Waals surface area contributed by atoms with E-state index in [1.54, 1.807) is 7.11 Å². The molecular weight excluding hydrogens is 238 g/mol. The molecule has 0 aliphatic carbocycles. The first kappa shape index (κ1) is 15.9. The molecule has 0 radical (unpaired) electrons. The molecular formula is C15H27N3O. The van der Waals surface area contributed by atoms with Gasteiger partial charge in [-0.2, -0.15) is 0 Å². The standard InChI is InChI=1S/C15H27N3O/c1-6-16-11-14-12(2)10-13(3)17-15(14)18(4)8-7-9-19-5/h10,16H,6-9,11H2,1-5H3. The fraction of sp³-hybridized carbons (Fsp3) is 0.667. The quantitative estimate of drug-likeness (QED) is 0.732. The molecule has 1 aromatic rings. The van der Waals surface area contributed by atoms with Gasteiger partial charge >= 0.3 is 0 Å². The average molecular weight is 265 g/mol. The van der Waals surface area contributed by atoms with Crippen LogP contribution >= 0.6 is 0 Å². The molecule has 0 aliphatic rings. The van der Waals surface area contributed by atoms with Crippen LogP contribution in [0, 0.1) is 13.8 Å². The van der Waals surface area contributed by atoms with Crippen LogP contribution in [0.15, 0.2) is 6.07 Å². The highest BCUT2D eigenvalue weighted by atomic mass is 16.5. The van der Waals surface area contributed by atoms with Gasteiger partial charge in [0.2, 0.25) is 0 Å². The molecule has 4 nitrogen and oxygen atoms in total. The summed E-state index contributed by atoms with van der Waals surface area (Å²) >= 11 is 0. The highest BCUT2D eigenvalue weighted by Gasteiger charge is 2.12. The molecule has 0 bridgehead atoms. The number of nitrogens with one attached hydrogen (secondary N) is 1. The predicted molar refractivity (Wildman–Crippen MR) is 80.9 cm³/mol. The lowest BCUT2D eigenvalue weighted by Crippen LogP contribution is -2.25. The van der Waals surface area contributed by atoms with Crippen molar-refractivity contribution in [2.75, 3.05) is 38.8 Å². The monoisotopic (exact) mass is 265 g/mol. The predicted octanol–water partition coefficient (Wildman–Crippen LogP) is 2.28. The highest BCUT2D eigenvalue weighted by molar-refractivity contribution is 5.51. The second-order valence-corrected chi connectivity index (χ2v) is 4.93. The molecule has 0 amide bonds. The summed E-state index contributed by atoms with van der Waals surface area (Å²) in [4.78, 5) is 6.94. The Hall–Kier alpha value is -1.13. The van der Waals surface area contributed by atoms with Crippen molar-refractivity contribution in [3.05, 3.63) is 22.9 Å². The number of hydrogen-bond acceptors (Lipinski definition) is 4. The Bertz CT molecular complexity index is 393. The zero-order chi connectivity index (χ0) is 14.3. The minimum Gasteiger partial charge on any atom is -0.385 e.